The first-order chi connectivity index (χ1) is 2.81. The Bertz CT molecular complexity index is 100. The van der Waals surface area contributed by atoms with E-state index in [-0.39, 0.29) is 5.03 Å². The molecule has 0 amide bonds. The van der Waals surface area contributed by atoms with Crippen molar-refractivity contribution in [2.75, 3.05) is 0 Å². The topological polar surface area (TPSA) is 17.1 Å². The lowest BCUT2D eigenvalue weighted by molar-refractivity contribution is 0.568. The summed E-state index contributed by atoms with van der Waals surface area (Å²) < 4.78 is 0. The molecule has 0 aromatic heterocycles. The number of halogens is 1. The Morgan fingerprint density at radius 1 is 2.00 bits per heavy atom. The van der Waals surface area contributed by atoms with Crippen LogP contribution >= 0.6 is 11.6 Å². The van der Waals surface area contributed by atoms with E-state index in [0.29, 0.717) is 0 Å². The van der Waals surface area contributed by atoms with Crippen molar-refractivity contribution in [3.8, 4) is 0 Å². The fraction of sp³-hybridized carbons (Fsp3) is 0. The Balaban J connectivity index is 3.86. The zero-order valence-corrected chi connectivity index (χ0v) is 3.83. The predicted octanol–water partition coefficient (Wildman–Crippen LogP) is 1.13. The van der Waals surface area contributed by atoms with Crippen molar-refractivity contribution >= 4 is 17.5 Å². The van der Waals surface area contributed by atoms with E-state index in [1.54, 1.807) is 0 Å². The van der Waals surface area contributed by atoms with Crippen LogP contribution in [0.5, 0.6) is 0 Å². The Morgan fingerprint density at radius 3 is 2.50 bits per heavy atom. The van der Waals surface area contributed by atoms with Crippen LogP contribution in [0.1, 0.15) is 0 Å². The quantitative estimate of drug-likeness (QED) is 0.358. The van der Waals surface area contributed by atoms with Crippen LogP contribution in [0.4, 0.5) is 0 Å². The van der Waals surface area contributed by atoms with Gasteiger partial charge in [-0.1, -0.05) is 18.2 Å². The monoisotopic (exact) mass is 102 g/mol. The molecule has 0 saturated heterocycles. The van der Waals surface area contributed by atoms with Gasteiger partial charge in [-0.15, -0.1) is 0 Å². The van der Waals surface area contributed by atoms with Gasteiger partial charge in [0.1, 0.15) is 11.0 Å². The Morgan fingerprint density at radius 2 is 2.50 bits per heavy atom. The summed E-state index contributed by atoms with van der Waals surface area (Å²) in [5.41, 5.74) is 0. The highest BCUT2D eigenvalue weighted by Gasteiger charge is 1.73. The molecule has 0 aliphatic rings. The SMILES string of the molecule is C=CC(Cl)=C=O. The van der Waals surface area contributed by atoms with E-state index < -0.39 is 0 Å². The third-order valence-electron chi connectivity index (χ3n) is 0.277. The minimum Gasteiger partial charge on any atom is -0.232 e. The normalized spacial score (nSPS) is 6.17. The lowest BCUT2D eigenvalue weighted by Crippen LogP contribution is -1.55. The first kappa shape index (κ1) is 5.48. The first-order valence-corrected chi connectivity index (χ1v) is 1.72. The van der Waals surface area contributed by atoms with Crippen LogP contribution in [0.15, 0.2) is 17.7 Å². The van der Waals surface area contributed by atoms with Gasteiger partial charge in [-0.2, -0.15) is 0 Å². The van der Waals surface area contributed by atoms with Crippen LogP contribution in [-0.2, 0) is 4.79 Å². The first-order valence-electron chi connectivity index (χ1n) is 1.34. The second-order valence-corrected chi connectivity index (χ2v) is 1.06. The van der Waals surface area contributed by atoms with Gasteiger partial charge in [-0.05, 0) is 6.08 Å². The summed E-state index contributed by atoms with van der Waals surface area (Å²) in [5.74, 6) is 1.43. The van der Waals surface area contributed by atoms with Gasteiger partial charge in [0.2, 0.25) is 0 Å². The molecular formula is C4H3ClO. The average molecular weight is 103 g/mol. The van der Waals surface area contributed by atoms with Gasteiger partial charge in [0.25, 0.3) is 0 Å². The van der Waals surface area contributed by atoms with E-state index >= 15 is 0 Å². The molecule has 0 aliphatic carbocycles. The van der Waals surface area contributed by atoms with Crippen molar-refractivity contribution in [2.45, 2.75) is 0 Å². The standard InChI is InChI=1S/C4H3ClO/c1-2-4(5)3-6/h2H,1H2. The molecule has 0 N–H and O–H groups in total. The second-order valence-electron chi connectivity index (χ2n) is 0.654. The van der Waals surface area contributed by atoms with Gasteiger partial charge in [-0.25, -0.2) is 4.79 Å². The van der Waals surface area contributed by atoms with Gasteiger partial charge in [0, 0.05) is 0 Å². The molecule has 0 rings (SSSR count). The van der Waals surface area contributed by atoms with Crippen molar-refractivity contribution in [3.63, 3.8) is 0 Å². The summed E-state index contributed by atoms with van der Waals surface area (Å²) in [6, 6.07) is 0. The Kier molecular flexibility index (Phi) is 2.47. The Labute approximate surface area is 40.9 Å². The third kappa shape index (κ3) is 1.77. The van der Waals surface area contributed by atoms with Crippen LogP contribution in [0.2, 0.25) is 0 Å². The maximum atomic E-state index is 9.37. The van der Waals surface area contributed by atoms with Crippen molar-refractivity contribution in [2.24, 2.45) is 0 Å². The molecule has 0 atom stereocenters. The maximum absolute atomic E-state index is 9.37. The second kappa shape index (κ2) is 2.70. The summed E-state index contributed by atoms with van der Waals surface area (Å²) in [7, 11) is 0. The molecule has 0 bridgehead atoms. The number of rotatable bonds is 1. The summed E-state index contributed by atoms with van der Waals surface area (Å²) >= 11 is 5.02. The van der Waals surface area contributed by atoms with Gasteiger partial charge in [0.05, 0.1) is 0 Å². The summed E-state index contributed by atoms with van der Waals surface area (Å²) in [4.78, 5) is 9.37. The van der Waals surface area contributed by atoms with Crippen LogP contribution in [0.25, 0.3) is 0 Å². The van der Waals surface area contributed by atoms with Crippen molar-refractivity contribution in [3.05, 3.63) is 17.7 Å². The molecular weight excluding hydrogens is 99.5 g/mol. The molecule has 6 heavy (non-hydrogen) atoms. The summed E-state index contributed by atoms with van der Waals surface area (Å²) in [5, 5.41) is 0.0231. The molecule has 0 saturated carbocycles. The smallest absolute Gasteiger partial charge is 0.144 e. The van der Waals surface area contributed by atoms with E-state index in [1.807, 2.05) is 0 Å². The summed E-state index contributed by atoms with van der Waals surface area (Å²) in [6.07, 6.45) is 1.23. The minimum atomic E-state index is 0.0231. The van der Waals surface area contributed by atoms with Crippen LogP contribution < -0.4 is 0 Å². The molecule has 1 nitrogen and oxygen atoms in total. The number of allylic oxidation sites excluding steroid dienone is 2. The highest BCUT2D eigenvalue weighted by molar-refractivity contribution is 6.34. The molecule has 0 spiro atoms. The number of hydrogen-bond acceptors (Lipinski definition) is 1. The highest BCUT2D eigenvalue weighted by Crippen LogP contribution is 1.91. The molecule has 0 unspecified atom stereocenters. The molecule has 32 valence electrons. The van der Waals surface area contributed by atoms with E-state index in [0.717, 1.165) is 0 Å². The van der Waals surface area contributed by atoms with E-state index in [1.165, 1.54) is 12.0 Å². The van der Waals surface area contributed by atoms with Gasteiger partial charge < -0.3 is 0 Å². The third-order valence-corrected chi connectivity index (χ3v) is 0.508. The van der Waals surface area contributed by atoms with Crippen molar-refractivity contribution in [1.82, 2.24) is 0 Å². The fourth-order valence-corrected chi connectivity index (χ4v) is 0.0417. The molecule has 0 aromatic carbocycles. The lowest BCUT2D eigenvalue weighted by Gasteiger charge is -1.64. The van der Waals surface area contributed by atoms with Crippen molar-refractivity contribution < 1.29 is 4.79 Å². The zero-order valence-electron chi connectivity index (χ0n) is 3.07. The Hall–Kier alpha value is -0.520. The lowest BCUT2D eigenvalue weighted by atomic mass is 10.6. The molecule has 0 aromatic rings. The molecule has 0 radical (unpaired) electrons. The van der Waals surface area contributed by atoms with Crippen LogP contribution in [0, 0.1) is 0 Å². The van der Waals surface area contributed by atoms with E-state index in [2.05, 4.69) is 6.58 Å². The van der Waals surface area contributed by atoms with Crippen LogP contribution in [-0.4, -0.2) is 5.94 Å². The molecule has 0 heterocycles. The van der Waals surface area contributed by atoms with Crippen LogP contribution in [0.3, 0.4) is 0 Å². The molecule has 0 aliphatic heterocycles. The van der Waals surface area contributed by atoms with Crippen molar-refractivity contribution in [1.29, 1.82) is 0 Å². The molecule has 0 fully saturated rings. The largest absolute Gasteiger partial charge is 0.232 e. The fourth-order valence-electron chi connectivity index (χ4n) is 0.0417. The van der Waals surface area contributed by atoms with Gasteiger partial charge in [-0.3, -0.25) is 0 Å². The van der Waals surface area contributed by atoms with E-state index in [9.17, 15) is 4.79 Å². The minimum absolute atomic E-state index is 0.0231. The predicted molar refractivity (Wildman–Crippen MR) is 25.3 cm³/mol. The van der Waals surface area contributed by atoms with Gasteiger partial charge >= 0.3 is 0 Å². The maximum Gasteiger partial charge on any atom is 0.144 e. The van der Waals surface area contributed by atoms with Gasteiger partial charge in [0.15, 0.2) is 0 Å². The molecule has 2 heteroatoms. The number of hydrogen-bond donors (Lipinski definition) is 0. The average Bonchev–Trinajstić information content (AvgIpc) is 1.65. The highest BCUT2D eigenvalue weighted by atomic mass is 35.5. The zero-order chi connectivity index (χ0) is 4.99. The summed E-state index contributed by atoms with van der Waals surface area (Å²) in [6.45, 7) is 3.20. The van der Waals surface area contributed by atoms with E-state index in [4.69, 9.17) is 11.6 Å². The number of carbonyl (C=O) groups excluding carboxylic acids is 1.